The van der Waals surface area contributed by atoms with Crippen molar-refractivity contribution in [1.82, 2.24) is 5.32 Å². The van der Waals surface area contributed by atoms with Crippen LogP contribution >= 0.6 is 0 Å². The quantitative estimate of drug-likeness (QED) is 0.181. The smallest absolute Gasteiger partial charge is 0.335 e. The average Bonchev–Trinajstić information content (AvgIpc) is 2.71. The number of ether oxygens (including phenoxy) is 4. The predicted molar refractivity (Wildman–Crippen MR) is 100 cm³/mol. The molecule has 2 aliphatic heterocycles. The number of nitrogens with one attached hydrogen (secondary N) is 1. The van der Waals surface area contributed by atoms with Crippen LogP contribution in [0.4, 0.5) is 0 Å². The van der Waals surface area contributed by atoms with Crippen LogP contribution in [0.15, 0.2) is 0 Å². The van der Waals surface area contributed by atoms with Crippen LogP contribution in [-0.2, 0) is 33.3 Å². The van der Waals surface area contributed by atoms with E-state index in [0.29, 0.717) is 0 Å². The van der Waals surface area contributed by atoms with Gasteiger partial charge >= 0.3 is 11.9 Å². The van der Waals surface area contributed by atoms with Gasteiger partial charge in [0.1, 0.15) is 49.3 Å². The fourth-order valence-corrected chi connectivity index (χ4v) is 3.63. The molecule has 14 heteroatoms. The van der Waals surface area contributed by atoms with Crippen LogP contribution < -0.4 is 5.32 Å². The van der Waals surface area contributed by atoms with Gasteiger partial charge in [0, 0.05) is 7.11 Å². The molecule has 2 rings (SSSR count). The van der Waals surface area contributed by atoms with Gasteiger partial charge in [0.15, 0.2) is 12.2 Å². The standard InChI is InChI=1S/C18H29NO13/c1-18(2)15(25)10(24)12(13(32-18)16(26)19-4-7(20)21)30-5-6-8(22)9(23)11(29-3)14(31-6)17(27)28/h6,8-15,22-25H,4-5H2,1-3H3,(H,19,26)(H,20,21)(H,27,28)/t6?,8?,9?,10?,11?,12-,13?,14?,15-/m1/s1. The lowest BCUT2D eigenvalue weighted by atomic mass is 9.87. The monoisotopic (exact) mass is 467 g/mol. The number of rotatable bonds is 8. The topological polar surface area (TPSA) is 222 Å². The molecule has 32 heavy (non-hydrogen) atoms. The van der Waals surface area contributed by atoms with Gasteiger partial charge in [-0.15, -0.1) is 0 Å². The number of hydrogen-bond acceptors (Lipinski definition) is 11. The number of aliphatic hydroxyl groups is 4. The Bertz CT molecular complexity index is 700. The Balaban J connectivity index is 2.18. The Morgan fingerprint density at radius 2 is 1.59 bits per heavy atom. The van der Waals surface area contributed by atoms with Crippen LogP contribution in [0.3, 0.4) is 0 Å². The van der Waals surface area contributed by atoms with Gasteiger partial charge in [-0.2, -0.15) is 0 Å². The van der Waals surface area contributed by atoms with Crippen LogP contribution in [0, 0.1) is 0 Å². The first-order chi connectivity index (χ1) is 14.8. The summed E-state index contributed by atoms with van der Waals surface area (Å²) >= 11 is 0. The summed E-state index contributed by atoms with van der Waals surface area (Å²) in [6, 6.07) is 0. The highest BCUT2D eigenvalue weighted by molar-refractivity contribution is 5.85. The molecule has 0 saturated carbocycles. The number of amides is 1. The van der Waals surface area contributed by atoms with E-state index in [-0.39, 0.29) is 0 Å². The Morgan fingerprint density at radius 3 is 2.12 bits per heavy atom. The van der Waals surface area contributed by atoms with Crippen LogP contribution in [-0.4, -0.2) is 129 Å². The molecule has 2 fully saturated rings. The first-order valence-corrected chi connectivity index (χ1v) is 9.74. The number of methoxy groups -OCH3 is 1. The third-order valence-corrected chi connectivity index (χ3v) is 5.43. The summed E-state index contributed by atoms with van der Waals surface area (Å²) in [4.78, 5) is 34.6. The second-order valence-corrected chi connectivity index (χ2v) is 8.10. The van der Waals surface area contributed by atoms with Gasteiger partial charge in [0.2, 0.25) is 0 Å². The molecule has 1 amide bonds. The van der Waals surface area contributed by atoms with Crippen molar-refractivity contribution >= 4 is 17.8 Å². The summed E-state index contributed by atoms with van der Waals surface area (Å²) in [5.41, 5.74) is -1.40. The summed E-state index contributed by atoms with van der Waals surface area (Å²) in [6.45, 7) is 1.46. The molecule has 0 radical (unpaired) electrons. The molecule has 0 spiro atoms. The van der Waals surface area contributed by atoms with Crippen LogP contribution in [0.5, 0.6) is 0 Å². The maximum absolute atomic E-state index is 12.5. The maximum Gasteiger partial charge on any atom is 0.335 e. The molecule has 0 aromatic carbocycles. The highest BCUT2D eigenvalue weighted by atomic mass is 16.6. The molecule has 0 aromatic heterocycles. The van der Waals surface area contributed by atoms with E-state index in [2.05, 4.69) is 5.32 Å². The molecule has 7 unspecified atom stereocenters. The lowest BCUT2D eigenvalue weighted by Crippen LogP contribution is -2.67. The maximum atomic E-state index is 12.5. The van der Waals surface area contributed by atoms with E-state index in [4.69, 9.17) is 24.1 Å². The second kappa shape index (κ2) is 10.4. The molecule has 2 saturated heterocycles. The van der Waals surface area contributed by atoms with E-state index in [1.807, 2.05) is 0 Å². The van der Waals surface area contributed by atoms with Gasteiger partial charge in [-0.25, -0.2) is 4.79 Å². The Labute approximate surface area is 182 Å². The van der Waals surface area contributed by atoms with Gasteiger partial charge in [0.05, 0.1) is 12.2 Å². The van der Waals surface area contributed by atoms with Crippen molar-refractivity contribution < 1.29 is 64.0 Å². The molecule has 0 aliphatic carbocycles. The summed E-state index contributed by atoms with van der Waals surface area (Å²) in [7, 11) is 1.13. The fraction of sp³-hybridized carbons (Fsp3) is 0.833. The number of aliphatic carboxylic acids is 2. The van der Waals surface area contributed by atoms with Gasteiger partial charge < -0.3 is 54.9 Å². The minimum atomic E-state index is -1.67. The van der Waals surface area contributed by atoms with Crippen molar-refractivity contribution in [3.8, 4) is 0 Å². The SMILES string of the molecule is COC1C(C(=O)O)OC(CO[C@H]2C(C(=O)NCC(=O)O)OC(C)(C)[C@H](O)C2O)C(O)C1O. The van der Waals surface area contributed by atoms with E-state index < -0.39 is 91.5 Å². The van der Waals surface area contributed by atoms with Crippen molar-refractivity contribution in [2.24, 2.45) is 0 Å². The Hall–Kier alpha value is -1.91. The van der Waals surface area contributed by atoms with E-state index in [0.717, 1.165) is 7.11 Å². The van der Waals surface area contributed by atoms with Crippen LogP contribution in [0.25, 0.3) is 0 Å². The molecule has 0 bridgehead atoms. The van der Waals surface area contributed by atoms with Crippen molar-refractivity contribution in [3.63, 3.8) is 0 Å². The number of carbonyl (C=O) groups is 3. The summed E-state index contributed by atoms with van der Waals surface area (Å²) in [5.74, 6) is -3.73. The number of carbonyl (C=O) groups excluding carboxylic acids is 1. The molecular formula is C18H29NO13. The van der Waals surface area contributed by atoms with Gasteiger partial charge in [-0.05, 0) is 13.8 Å². The van der Waals surface area contributed by atoms with E-state index in [9.17, 15) is 39.9 Å². The van der Waals surface area contributed by atoms with Crippen molar-refractivity contribution in [2.45, 2.75) is 74.4 Å². The Kier molecular flexibility index (Phi) is 8.52. The molecule has 9 atom stereocenters. The highest BCUT2D eigenvalue weighted by Crippen LogP contribution is 2.32. The zero-order valence-electron chi connectivity index (χ0n) is 17.7. The molecular weight excluding hydrogens is 438 g/mol. The second-order valence-electron chi connectivity index (χ2n) is 8.10. The minimum Gasteiger partial charge on any atom is -0.480 e. The first-order valence-electron chi connectivity index (χ1n) is 9.74. The molecule has 7 N–H and O–H groups in total. The van der Waals surface area contributed by atoms with E-state index in [1.54, 1.807) is 0 Å². The fourth-order valence-electron chi connectivity index (χ4n) is 3.63. The third kappa shape index (κ3) is 5.52. The highest BCUT2D eigenvalue weighted by Gasteiger charge is 2.53. The summed E-state index contributed by atoms with van der Waals surface area (Å²) < 4.78 is 21.2. The van der Waals surface area contributed by atoms with Crippen LogP contribution in [0.2, 0.25) is 0 Å². The van der Waals surface area contributed by atoms with E-state index in [1.165, 1.54) is 13.8 Å². The number of carboxylic acids is 2. The number of aliphatic hydroxyl groups excluding tert-OH is 4. The van der Waals surface area contributed by atoms with Crippen molar-refractivity contribution in [3.05, 3.63) is 0 Å². The molecule has 184 valence electrons. The molecule has 2 heterocycles. The lowest BCUT2D eigenvalue weighted by Gasteiger charge is -2.47. The minimum absolute atomic E-state index is 0.612. The lowest BCUT2D eigenvalue weighted by molar-refractivity contribution is -0.277. The normalized spacial score (nSPS) is 39.3. The van der Waals surface area contributed by atoms with Crippen molar-refractivity contribution in [2.75, 3.05) is 20.3 Å². The van der Waals surface area contributed by atoms with Gasteiger partial charge in [-0.1, -0.05) is 0 Å². The summed E-state index contributed by atoms with van der Waals surface area (Å²) in [5, 5.41) is 61.4. The largest absolute Gasteiger partial charge is 0.480 e. The zero-order valence-corrected chi connectivity index (χ0v) is 17.7. The summed E-state index contributed by atoms with van der Waals surface area (Å²) in [6.07, 6.45) is -14.0. The third-order valence-electron chi connectivity index (χ3n) is 5.43. The first kappa shape index (κ1) is 26.3. The molecule has 0 aromatic rings. The zero-order chi connectivity index (χ0) is 24.4. The van der Waals surface area contributed by atoms with E-state index >= 15 is 0 Å². The van der Waals surface area contributed by atoms with Crippen molar-refractivity contribution in [1.29, 1.82) is 0 Å². The van der Waals surface area contributed by atoms with Gasteiger partial charge in [-0.3, -0.25) is 9.59 Å². The Morgan fingerprint density at radius 1 is 0.969 bits per heavy atom. The average molecular weight is 467 g/mol. The van der Waals surface area contributed by atoms with Crippen LogP contribution in [0.1, 0.15) is 13.8 Å². The molecule has 14 nitrogen and oxygen atoms in total. The van der Waals surface area contributed by atoms with Gasteiger partial charge in [0.25, 0.3) is 5.91 Å². The number of carboxylic acid groups (broad SMARTS) is 2. The molecule has 2 aliphatic rings. The number of hydrogen-bond donors (Lipinski definition) is 7. The predicted octanol–water partition coefficient (Wildman–Crippen LogP) is -3.94.